The van der Waals surface area contributed by atoms with E-state index in [2.05, 4.69) is 37.5 Å². The Labute approximate surface area is 111 Å². The summed E-state index contributed by atoms with van der Waals surface area (Å²) in [5, 5.41) is 14.2. The zero-order valence-electron chi connectivity index (χ0n) is 11.0. The van der Waals surface area contributed by atoms with Crippen molar-refractivity contribution >= 4 is 0 Å². The zero-order valence-corrected chi connectivity index (χ0v) is 11.0. The molecule has 1 fully saturated rings. The average Bonchev–Trinajstić information content (AvgIpc) is 3.11. The van der Waals surface area contributed by atoms with Gasteiger partial charge in [0.05, 0.1) is 6.04 Å². The largest absolute Gasteiger partial charge is 0.332 e. The Kier molecular flexibility index (Phi) is 3.56. The van der Waals surface area contributed by atoms with Crippen LogP contribution in [0.5, 0.6) is 0 Å². The molecule has 19 heavy (non-hydrogen) atoms. The molecule has 0 amide bonds. The molecule has 0 radical (unpaired) electrons. The van der Waals surface area contributed by atoms with Gasteiger partial charge in [0.15, 0.2) is 5.82 Å². The summed E-state index contributed by atoms with van der Waals surface area (Å²) in [6.45, 7) is 6.22. The van der Waals surface area contributed by atoms with E-state index in [4.69, 9.17) is 4.52 Å². The smallest absolute Gasteiger partial charge is 0.275 e. The SMILES string of the molecule is CCC(c1noc(-c2ccn[nH]2)n1)N1CCNCC1. The minimum atomic E-state index is 0.225. The second-order valence-corrected chi connectivity index (χ2v) is 4.64. The van der Waals surface area contributed by atoms with Crippen molar-refractivity contribution in [2.45, 2.75) is 19.4 Å². The minimum absolute atomic E-state index is 0.225. The molecule has 2 aromatic heterocycles. The summed E-state index contributed by atoms with van der Waals surface area (Å²) in [6.07, 6.45) is 2.65. The van der Waals surface area contributed by atoms with Gasteiger partial charge < -0.3 is 9.84 Å². The van der Waals surface area contributed by atoms with Gasteiger partial charge in [0, 0.05) is 32.4 Å². The van der Waals surface area contributed by atoms with E-state index < -0.39 is 0 Å². The first-order valence-electron chi connectivity index (χ1n) is 6.66. The summed E-state index contributed by atoms with van der Waals surface area (Å²) in [7, 11) is 0. The topological polar surface area (TPSA) is 82.9 Å². The molecule has 0 saturated carbocycles. The highest BCUT2D eigenvalue weighted by molar-refractivity contribution is 5.44. The van der Waals surface area contributed by atoms with Crippen LogP contribution >= 0.6 is 0 Å². The Hall–Kier alpha value is -1.73. The second-order valence-electron chi connectivity index (χ2n) is 4.64. The van der Waals surface area contributed by atoms with E-state index in [1.165, 1.54) is 0 Å². The number of H-pyrrole nitrogens is 1. The van der Waals surface area contributed by atoms with Crippen molar-refractivity contribution in [1.29, 1.82) is 0 Å². The number of hydrogen-bond donors (Lipinski definition) is 2. The van der Waals surface area contributed by atoms with Crippen LogP contribution in [0.4, 0.5) is 0 Å². The highest BCUT2D eigenvalue weighted by atomic mass is 16.5. The van der Waals surface area contributed by atoms with Gasteiger partial charge in [-0.3, -0.25) is 10.00 Å². The number of nitrogens with zero attached hydrogens (tertiary/aromatic N) is 4. The molecule has 102 valence electrons. The lowest BCUT2D eigenvalue weighted by Crippen LogP contribution is -2.45. The Bertz CT molecular complexity index is 502. The fourth-order valence-electron chi connectivity index (χ4n) is 2.45. The predicted molar refractivity (Wildman–Crippen MR) is 69.4 cm³/mol. The molecule has 1 saturated heterocycles. The lowest BCUT2D eigenvalue weighted by atomic mass is 10.1. The van der Waals surface area contributed by atoms with Crippen LogP contribution in [0.3, 0.4) is 0 Å². The molecule has 7 heteroatoms. The van der Waals surface area contributed by atoms with E-state index in [9.17, 15) is 0 Å². The van der Waals surface area contributed by atoms with Crippen molar-refractivity contribution in [3.63, 3.8) is 0 Å². The molecule has 3 heterocycles. The summed E-state index contributed by atoms with van der Waals surface area (Å²) in [5.74, 6) is 1.26. The number of aromatic nitrogens is 4. The summed E-state index contributed by atoms with van der Waals surface area (Å²) in [5.41, 5.74) is 0.758. The van der Waals surface area contributed by atoms with Crippen LogP contribution in [-0.2, 0) is 0 Å². The van der Waals surface area contributed by atoms with E-state index in [1.807, 2.05) is 6.07 Å². The third-order valence-electron chi connectivity index (χ3n) is 3.45. The van der Waals surface area contributed by atoms with Gasteiger partial charge in [-0.25, -0.2) is 0 Å². The average molecular weight is 262 g/mol. The summed E-state index contributed by atoms with van der Waals surface area (Å²) in [6, 6.07) is 2.05. The predicted octanol–water partition coefficient (Wildman–Crippen LogP) is 0.816. The van der Waals surface area contributed by atoms with Gasteiger partial charge in [-0.1, -0.05) is 12.1 Å². The second kappa shape index (κ2) is 5.50. The van der Waals surface area contributed by atoms with Gasteiger partial charge in [0.25, 0.3) is 5.89 Å². The Morgan fingerprint density at radius 1 is 1.42 bits per heavy atom. The minimum Gasteiger partial charge on any atom is -0.332 e. The molecule has 0 spiro atoms. The molecule has 1 aliphatic rings. The monoisotopic (exact) mass is 262 g/mol. The van der Waals surface area contributed by atoms with Crippen LogP contribution in [0.1, 0.15) is 25.2 Å². The fraction of sp³-hybridized carbons (Fsp3) is 0.583. The third kappa shape index (κ3) is 2.52. The molecular formula is C12H18N6O. The highest BCUT2D eigenvalue weighted by Crippen LogP contribution is 2.24. The van der Waals surface area contributed by atoms with Crippen molar-refractivity contribution in [2.24, 2.45) is 0 Å². The molecule has 0 aromatic carbocycles. The van der Waals surface area contributed by atoms with E-state index in [-0.39, 0.29) is 6.04 Å². The van der Waals surface area contributed by atoms with Crippen LogP contribution in [0, 0.1) is 0 Å². The lowest BCUT2D eigenvalue weighted by Gasteiger charge is -2.32. The van der Waals surface area contributed by atoms with E-state index in [1.54, 1.807) is 6.20 Å². The molecule has 1 unspecified atom stereocenters. The van der Waals surface area contributed by atoms with Gasteiger partial charge in [-0.15, -0.1) is 0 Å². The van der Waals surface area contributed by atoms with Gasteiger partial charge in [-0.2, -0.15) is 10.1 Å². The van der Waals surface area contributed by atoms with E-state index in [0.29, 0.717) is 5.89 Å². The number of aromatic amines is 1. The first-order valence-corrected chi connectivity index (χ1v) is 6.66. The molecule has 3 rings (SSSR count). The molecule has 1 aliphatic heterocycles. The van der Waals surface area contributed by atoms with Gasteiger partial charge in [0.2, 0.25) is 0 Å². The molecule has 2 aromatic rings. The zero-order chi connectivity index (χ0) is 13.1. The van der Waals surface area contributed by atoms with Crippen LogP contribution in [-0.4, -0.2) is 51.4 Å². The number of nitrogens with one attached hydrogen (secondary N) is 2. The van der Waals surface area contributed by atoms with Crippen LogP contribution < -0.4 is 5.32 Å². The Balaban J connectivity index is 1.79. The first-order chi connectivity index (χ1) is 9.38. The highest BCUT2D eigenvalue weighted by Gasteiger charge is 2.25. The van der Waals surface area contributed by atoms with Gasteiger partial charge >= 0.3 is 0 Å². The van der Waals surface area contributed by atoms with Crippen molar-refractivity contribution in [1.82, 2.24) is 30.6 Å². The summed E-state index contributed by atoms with van der Waals surface area (Å²) in [4.78, 5) is 6.89. The Morgan fingerprint density at radius 2 is 2.26 bits per heavy atom. The van der Waals surface area contributed by atoms with Crippen LogP contribution in [0.15, 0.2) is 16.8 Å². The lowest BCUT2D eigenvalue weighted by molar-refractivity contribution is 0.160. The van der Waals surface area contributed by atoms with Crippen molar-refractivity contribution in [2.75, 3.05) is 26.2 Å². The quantitative estimate of drug-likeness (QED) is 0.848. The molecule has 1 atom stereocenters. The maximum absolute atomic E-state index is 5.31. The molecular weight excluding hydrogens is 244 g/mol. The molecule has 0 bridgehead atoms. The van der Waals surface area contributed by atoms with Crippen LogP contribution in [0.2, 0.25) is 0 Å². The van der Waals surface area contributed by atoms with E-state index >= 15 is 0 Å². The number of piperazine rings is 1. The maximum atomic E-state index is 5.31. The number of rotatable bonds is 4. The number of hydrogen-bond acceptors (Lipinski definition) is 6. The van der Waals surface area contributed by atoms with Gasteiger partial charge in [0.1, 0.15) is 5.69 Å². The van der Waals surface area contributed by atoms with E-state index in [0.717, 1.165) is 44.1 Å². The first kappa shape index (κ1) is 12.3. The maximum Gasteiger partial charge on any atom is 0.275 e. The molecule has 0 aliphatic carbocycles. The molecule has 2 N–H and O–H groups in total. The van der Waals surface area contributed by atoms with Gasteiger partial charge in [-0.05, 0) is 12.5 Å². The van der Waals surface area contributed by atoms with Crippen molar-refractivity contribution in [3.05, 3.63) is 18.1 Å². The standard InChI is InChI=1S/C12H18N6O/c1-2-10(18-7-5-13-6-8-18)11-15-12(19-17-11)9-3-4-14-16-9/h3-4,10,13H,2,5-8H2,1H3,(H,14,16). The van der Waals surface area contributed by atoms with Crippen LogP contribution in [0.25, 0.3) is 11.6 Å². The molecule has 7 nitrogen and oxygen atoms in total. The normalized spacial score (nSPS) is 18.6. The summed E-state index contributed by atoms with van der Waals surface area (Å²) < 4.78 is 5.31. The third-order valence-corrected chi connectivity index (χ3v) is 3.45. The Morgan fingerprint density at radius 3 is 2.95 bits per heavy atom. The van der Waals surface area contributed by atoms with Crippen molar-refractivity contribution < 1.29 is 4.52 Å². The van der Waals surface area contributed by atoms with Crippen molar-refractivity contribution in [3.8, 4) is 11.6 Å². The fourth-order valence-corrected chi connectivity index (χ4v) is 2.45. The summed E-state index contributed by atoms with van der Waals surface area (Å²) >= 11 is 0.